The summed E-state index contributed by atoms with van der Waals surface area (Å²) in [7, 11) is 0. The molecule has 0 radical (unpaired) electrons. The molecule has 1 aromatic rings. The van der Waals surface area contributed by atoms with Crippen molar-refractivity contribution in [1.82, 2.24) is 0 Å². The van der Waals surface area contributed by atoms with E-state index in [-0.39, 0.29) is 0 Å². The second-order valence-corrected chi connectivity index (χ2v) is 5.42. The summed E-state index contributed by atoms with van der Waals surface area (Å²) in [5.41, 5.74) is -0.866. The van der Waals surface area contributed by atoms with E-state index in [1.54, 1.807) is 18.2 Å². The molecule has 0 bridgehead atoms. The second kappa shape index (κ2) is 4.73. The number of carbonyl (C=O) groups is 1. The van der Waals surface area contributed by atoms with Gasteiger partial charge in [0.15, 0.2) is 0 Å². The van der Waals surface area contributed by atoms with Crippen LogP contribution >= 0.6 is 27.5 Å². The van der Waals surface area contributed by atoms with Crippen LogP contribution in [0, 0.1) is 5.41 Å². The molecule has 5 heteroatoms. The summed E-state index contributed by atoms with van der Waals surface area (Å²) >= 11 is 9.19. The maximum Gasteiger partial charge on any atom is 0.312 e. The Kier molecular flexibility index (Phi) is 3.99. The van der Waals surface area contributed by atoms with Gasteiger partial charge in [0, 0.05) is 15.1 Å². The van der Waals surface area contributed by atoms with Crippen molar-refractivity contribution in [1.29, 1.82) is 0 Å². The number of hydrogen-bond donors (Lipinski definition) is 2. The highest BCUT2D eigenvalue weighted by atomic mass is 79.9. The monoisotopic (exact) mass is 306 g/mol. The molecule has 0 heterocycles. The number of aliphatic carboxylic acids is 1. The minimum Gasteiger partial charge on any atom is -0.481 e. The Hall–Kier alpha value is -0.580. The summed E-state index contributed by atoms with van der Waals surface area (Å²) < 4.78 is 0.779. The summed E-state index contributed by atoms with van der Waals surface area (Å²) in [5, 5.41) is 19.4. The molecule has 0 saturated carbocycles. The van der Waals surface area contributed by atoms with Gasteiger partial charge in [-0.1, -0.05) is 33.6 Å². The van der Waals surface area contributed by atoms with Gasteiger partial charge in [0.05, 0.1) is 11.5 Å². The Labute approximate surface area is 107 Å². The van der Waals surface area contributed by atoms with E-state index in [2.05, 4.69) is 15.9 Å². The largest absolute Gasteiger partial charge is 0.481 e. The molecular weight excluding hydrogens is 295 g/mol. The highest BCUT2D eigenvalue weighted by Gasteiger charge is 2.37. The van der Waals surface area contributed by atoms with E-state index < -0.39 is 17.5 Å². The van der Waals surface area contributed by atoms with Crippen LogP contribution in [-0.4, -0.2) is 16.2 Å². The number of hydrogen-bond acceptors (Lipinski definition) is 2. The molecule has 88 valence electrons. The fourth-order valence-electron chi connectivity index (χ4n) is 1.23. The first-order valence-corrected chi connectivity index (χ1v) is 5.80. The number of carboxylic acid groups (broad SMARTS) is 1. The van der Waals surface area contributed by atoms with Gasteiger partial charge in [0.2, 0.25) is 0 Å². The minimum atomic E-state index is -1.28. The summed E-state index contributed by atoms with van der Waals surface area (Å²) in [6.07, 6.45) is -1.15. The summed E-state index contributed by atoms with van der Waals surface area (Å²) in [4.78, 5) is 11.0. The van der Waals surface area contributed by atoms with Crippen LogP contribution in [0.5, 0.6) is 0 Å². The molecule has 0 aromatic heterocycles. The van der Waals surface area contributed by atoms with E-state index in [4.69, 9.17) is 16.7 Å². The topological polar surface area (TPSA) is 57.5 Å². The van der Waals surface area contributed by atoms with Crippen molar-refractivity contribution in [2.24, 2.45) is 5.41 Å². The molecule has 0 spiro atoms. The highest BCUT2D eigenvalue weighted by molar-refractivity contribution is 9.10. The Morgan fingerprint density at radius 1 is 1.50 bits per heavy atom. The highest BCUT2D eigenvalue weighted by Crippen LogP contribution is 2.37. The van der Waals surface area contributed by atoms with Crippen LogP contribution in [0.1, 0.15) is 25.5 Å². The van der Waals surface area contributed by atoms with Crippen LogP contribution in [0.4, 0.5) is 0 Å². The zero-order chi connectivity index (χ0) is 12.5. The van der Waals surface area contributed by atoms with E-state index in [1.165, 1.54) is 13.8 Å². The number of aliphatic hydroxyl groups excluding tert-OH is 1. The number of carboxylic acids is 1. The van der Waals surface area contributed by atoms with Crippen molar-refractivity contribution in [2.75, 3.05) is 0 Å². The SMILES string of the molecule is CC(C)(C(=O)O)C(O)c1ccc(Br)cc1Cl. The van der Waals surface area contributed by atoms with E-state index in [9.17, 15) is 9.90 Å². The molecular formula is C11H12BrClO3. The standard InChI is InChI=1S/C11H12BrClO3/c1-11(2,10(15)16)9(14)7-4-3-6(12)5-8(7)13/h3-5,9,14H,1-2H3,(H,15,16). The molecule has 1 rings (SSSR count). The summed E-state index contributed by atoms with van der Waals surface area (Å²) in [5.74, 6) is -1.07. The Bertz CT molecular complexity index is 418. The maximum atomic E-state index is 11.0. The summed E-state index contributed by atoms with van der Waals surface area (Å²) in [6, 6.07) is 4.95. The van der Waals surface area contributed by atoms with Gasteiger partial charge < -0.3 is 10.2 Å². The van der Waals surface area contributed by atoms with Gasteiger partial charge in [-0.05, 0) is 26.0 Å². The lowest BCUT2D eigenvalue weighted by Gasteiger charge is -2.26. The van der Waals surface area contributed by atoms with Gasteiger partial charge in [0.25, 0.3) is 0 Å². The van der Waals surface area contributed by atoms with E-state index >= 15 is 0 Å². The molecule has 0 amide bonds. The predicted octanol–water partition coefficient (Wildman–Crippen LogP) is 3.25. The van der Waals surface area contributed by atoms with Crippen molar-refractivity contribution < 1.29 is 15.0 Å². The Morgan fingerprint density at radius 3 is 2.50 bits per heavy atom. The predicted molar refractivity (Wildman–Crippen MR) is 65.5 cm³/mol. The van der Waals surface area contributed by atoms with Gasteiger partial charge in [-0.2, -0.15) is 0 Å². The average molecular weight is 308 g/mol. The molecule has 0 fully saturated rings. The minimum absolute atomic E-state index is 0.344. The molecule has 0 aliphatic rings. The zero-order valence-corrected chi connectivity index (χ0v) is 11.2. The van der Waals surface area contributed by atoms with E-state index in [1.807, 2.05) is 0 Å². The third kappa shape index (κ3) is 2.56. The molecule has 0 aliphatic carbocycles. The lowest BCUT2D eigenvalue weighted by atomic mass is 9.83. The number of aliphatic hydroxyl groups is 1. The molecule has 0 aliphatic heterocycles. The first-order valence-electron chi connectivity index (χ1n) is 4.63. The van der Waals surface area contributed by atoms with Gasteiger partial charge in [-0.15, -0.1) is 0 Å². The van der Waals surface area contributed by atoms with Crippen molar-refractivity contribution in [2.45, 2.75) is 20.0 Å². The zero-order valence-electron chi connectivity index (χ0n) is 8.87. The lowest BCUT2D eigenvalue weighted by molar-refractivity contribution is -0.153. The molecule has 16 heavy (non-hydrogen) atoms. The van der Waals surface area contributed by atoms with Crippen LogP contribution in [0.3, 0.4) is 0 Å². The third-order valence-corrected chi connectivity index (χ3v) is 3.31. The van der Waals surface area contributed by atoms with E-state index in [0.717, 1.165) is 4.47 Å². The fraction of sp³-hybridized carbons (Fsp3) is 0.364. The van der Waals surface area contributed by atoms with Crippen LogP contribution in [0.25, 0.3) is 0 Å². The van der Waals surface area contributed by atoms with Crippen molar-refractivity contribution >= 4 is 33.5 Å². The van der Waals surface area contributed by atoms with Crippen LogP contribution in [-0.2, 0) is 4.79 Å². The molecule has 1 aromatic carbocycles. The number of halogens is 2. The normalized spacial score (nSPS) is 13.6. The second-order valence-electron chi connectivity index (χ2n) is 4.10. The van der Waals surface area contributed by atoms with Crippen LogP contribution < -0.4 is 0 Å². The molecule has 1 unspecified atom stereocenters. The van der Waals surface area contributed by atoms with Gasteiger partial charge >= 0.3 is 5.97 Å². The van der Waals surface area contributed by atoms with E-state index in [0.29, 0.717) is 10.6 Å². The van der Waals surface area contributed by atoms with Crippen LogP contribution in [0.15, 0.2) is 22.7 Å². The van der Waals surface area contributed by atoms with Gasteiger partial charge in [0.1, 0.15) is 0 Å². The molecule has 3 nitrogen and oxygen atoms in total. The van der Waals surface area contributed by atoms with Crippen LogP contribution in [0.2, 0.25) is 5.02 Å². The molecule has 2 N–H and O–H groups in total. The van der Waals surface area contributed by atoms with Gasteiger partial charge in [-0.3, -0.25) is 4.79 Å². The Morgan fingerprint density at radius 2 is 2.06 bits per heavy atom. The fourth-order valence-corrected chi connectivity index (χ4v) is 2.01. The third-order valence-electron chi connectivity index (χ3n) is 2.49. The first-order chi connectivity index (χ1) is 7.26. The quantitative estimate of drug-likeness (QED) is 0.901. The van der Waals surface area contributed by atoms with Crippen molar-refractivity contribution in [3.05, 3.63) is 33.3 Å². The smallest absolute Gasteiger partial charge is 0.312 e. The maximum absolute atomic E-state index is 11.0. The lowest BCUT2D eigenvalue weighted by Crippen LogP contribution is -2.31. The average Bonchev–Trinajstić information content (AvgIpc) is 2.16. The molecule has 1 atom stereocenters. The first kappa shape index (κ1) is 13.5. The number of benzene rings is 1. The summed E-state index contributed by atoms with van der Waals surface area (Å²) in [6.45, 7) is 2.91. The Balaban J connectivity index is 3.14. The number of rotatable bonds is 3. The van der Waals surface area contributed by atoms with Crippen molar-refractivity contribution in [3.63, 3.8) is 0 Å². The van der Waals surface area contributed by atoms with Crippen molar-refractivity contribution in [3.8, 4) is 0 Å². The molecule has 0 saturated heterocycles. The van der Waals surface area contributed by atoms with Gasteiger partial charge in [-0.25, -0.2) is 0 Å².